The van der Waals surface area contributed by atoms with E-state index in [0.717, 1.165) is 19.4 Å². The van der Waals surface area contributed by atoms with E-state index in [0.29, 0.717) is 30.5 Å². The number of carbonyl (C=O) groups excluding carboxylic acids is 2. The number of hydrogen-bond acceptors (Lipinski definition) is 3. The number of hydrogen-bond donors (Lipinski definition) is 1. The molecular formula is C15H22N2O2S. The molecule has 110 valence electrons. The smallest absolute Gasteiger partial charge is 0.252 e. The van der Waals surface area contributed by atoms with Gasteiger partial charge in [0.1, 0.15) is 0 Å². The number of thiophene rings is 1. The van der Waals surface area contributed by atoms with Gasteiger partial charge in [0.2, 0.25) is 5.91 Å². The molecule has 0 aromatic carbocycles. The van der Waals surface area contributed by atoms with Crippen LogP contribution in [0.25, 0.3) is 0 Å². The molecule has 1 heterocycles. The predicted octanol–water partition coefficient (Wildman–Crippen LogP) is 2.52. The lowest BCUT2D eigenvalue weighted by atomic mass is 10.2. The molecule has 1 aliphatic rings. The maximum absolute atomic E-state index is 12.2. The van der Waals surface area contributed by atoms with Crippen molar-refractivity contribution < 1.29 is 9.59 Å². The zero-order valence-corrected chi connectivity index (χ0v) is 12.9. The fraction of sp³-hybridized carbons (Fsp3) is 0.600. The van der Waals surface area contributed by atoms with Gasteiger partial charge >= 0.3 is 0 Å². The normalized spacial score (nSPS) is 14.3. The fourth-order valence-electron chi connectivity index (χ4n) is 2.16. The largest absolute Gasteiger partial charge is 0.351 e. The zero-order chi connectivity index (χ0) is 14.5. The quantitative estimate of drug-likeness (QED) is 0.840. The van der Waals surface area contributed by atoms with Gasteiger partial charge < -0.3 is 10.2 Å². The third-order valence-corrected chi connectivity index (χ3v) is 3.96. The van der Waals surface area contributed by atoms with Crippen LogP contribution in [0.2, 0.25) is 0 Å². The summed E-state index contributed by atoms with van der Waals surface area (Å²) in [6.45, 7) is 5.48. The highest BCUT2D eigenvalue weighted by molar-refractivity contribution is 7.08. The van der Waals surface area contributed by atoms with Gasteiger partial charge in [0.15, 0.2) is 0 Å². The molecule has 1 fully saturated rings. The van der Waals surface area contributed by atoms with E-state index in [1.54, 1.807) is 6.07 Å². The van der Waals surface area contributed by atoms with Gasteiger partial charge in [-0.3, -0.25) is 9.59 Å². The van der Waals surface area contributed by atoms with E-state index in [1.807, 2.05) is 15.7 Å². The van der Waals surface area contributed by atoms with Crippen molar-refractivity contribution in [2.24, 2.45) is 5.92 Å². The van der Waals surface area contributed by atoms with Crippen LogP contribution in [0.4, 0.5) is 0 Å². The van der Waals surface area contributed by atoms with Crippen molar-refractivity contribution in [1.82, 2.24) is 10.2 Å². The van der Waals surface area contributed by atoms with Gasteiger partial charge in [-0.05, 0) is 30.2 Å². The molecule has 1 aromatic rings. The number of carbonyl (C=O) groups is 2. The lowest BCUT2D eigenvalue weighted by molar-refractivity contribution is -0.132. The second kappa shape index (κ2) is 6.88. The van der Waals surface area contributed by atoms with Crippen molar-refractivity contribution >= 4 is 23.2 Å². The van der Waals surface area contributed by atoms with Gasteiger partial charge in [0, 0.05) is 36.5 Å². The number of nitrogens with one attached hydrogen (secondary N) is 1. The highest BCUT2D eigenvalue weighted by atomic mass is 32.1. The minimum absolute atomic E-state index is 0.0964. The van der Waals surface area contributed by atoms with Gasteiger partial charge in [0.25, 0.3) is 5.91 Å². The topological polar surface area (TPSA) is 49.4 Å². The first-order valence-corrected chi connectivity index (χ1v) is 8.12. The van der Waals surface area contributed by atoms with Gasteiger partial charge in [-0.25, -0.2) is 0 Å². The molecule has 1 aliphatic carbocycles. The summed E-state index contributed by atoms with van der Waals surface area (Å²) in [5, 5.41) is 6.49. The summed E-state index contributed by atoms with van der Waals surface area (Å²) in [7, 11) is 0. The number of rotatable bonds is 7. The summed E-state index contributed by atoms with van der Waals surface area (Å²) >= 11 is 1.50. The van der Waals surface area contributed by atoms with Crippen molar-refractivity contribution in [2.75, 3.05) is 13.1 Å². The molecule has 1 aromatic heterocycles. The highest BCUT2D eigenvalue weighted by Crippen LogP contribution is 2.28. The summed E-state index contributed by atoms with van der Waals surface area (Å²) in [6.07, 6.45) is 2.64. The summed E-state index contributed by atoms with van der Waals surface area (Å²) in [6, 6.07) is 2.23. The van der Waals surface area contributed by atoms with E-state index >= 15 is 0 Å². The Hall–Kier alpha value is -1.36. The van der Waals surface area contributed by atoms with Gasteiger partial charge in [0.05, 0.1) is 0 Å². The molecule has 0 bridgehead atoms. The fourth-order valence-corrected chi connectivity index (χ4v) is 2.79. The molecule has 4 nitrogen and oxygen atoms in total. The van der Waals surface area contributed by atoms with Crippen LogP contribution in [-0.4, -0.2) is 35.8 Å². The average Bonchev–Trinajstić information content (AvgIpc) is 3.08. The molecule has 1 saturated carbocycles. The Morgan fingerprint density at radius 3 is 2.75 bits per heavy atom. The highest BCUT2D eigenvalue weighted by Gasteiger charge is 2.32. The first-order chi connectivity index (χ1) is 9.58. The second-order valence-electron chi connectivity index (χ2n) is 5.69. The second-order valence-corrected chi connectivity index (χ2v) is 6.47. The van der Waals surface area contributed by atoms with Crippen LogP contribution in [0.3, 0.4) is 0 Å². The summed E-state index contributed by atoms with van der Waals surface area (Å²) < 4.78 is 0. The molecule has 0 saturated heterocycles. The average molecular weight is 294 g/mol. The molecule has 2 rings (SSSR count). The summed E-state index contributed by atoms with van der Waals surface area (Å²) in [5.41, 5.74) is 0.670. The lowest BCUT2D eigenvalue weighted by Crippen LogP contribution is -2.38. The van der Waals surface area contributed by atoms with Crippen LogP contribution in [-0.2, 0) is 4.79 Å². The van der Waals surface area contributed by atoms with Crippen LogP contribution in [0.15, 0.2) is 16.8 Å². The summed E-state index contributed by atoms with van der Waals surface area (Å²) in [4.78, 5) is 25.9. The standard InChI is InChI=1S/C15H22N2O2S/c1-11(2)9-17(13-3-4-13)14(18)5-7-16-15(19)12-6-8-20-10-12/h6,8,10-11,13H,3-5,7,9H2,1-2H3,(H,16,19). The summed E-state index contributed by atoms with van der Waals surface area (Å²) in [5.74, 6) is 0.549. The van der Waals surface area contributed by atoms with Crippen molar-refractivity contribution in [3.8, 4) is 0 Å². The molecule has 0 spiro atoms. The molecule has 0 atom stereocenters. The monoisotopic (exact) mass is 294 g/mol. The van der Waals surface area contributed by atoms with E-state index in [2.05, 4.69) is 19.2 Å². The third kappa shape index (κ3) is 4.34. The first kappa shape index (κ1) is 15.0. The van der Waals surface area contributed by atoms with Crippen LogP contribution in [0.5, 0.6) is 0 Å². The molecule has 0 aliphatic heterocycles. The van der Waals surface area contributed by atoms with E-state index in [4.69, 9.17) is 0 Å². The van der Waals surface area contributed by atoms with Gasteiger partial charge in [-0.1, -0.05) is 13.8 Å². The molecule has 1 N–H and O–H groups in total. The lowest BCUT2D eigenvalue weighted by Gasteiger charge is -2.24. The Morgan fingerprint density at radius 2 is 2.20 bits per heavy atom. The Balaban J connectivity index is 1.75. The van der Waals surface area contributed by atoms with Crippen LogP contribution in [0.1, 0.15) is 43.5 Å². The van der Waals surface area contributed by atoms with E-state index in [9.17, 15) is 9.59 Å². The minimum atomic E-state index is -0.0964. The molecule has 0 radical (unpaired) electrons. The Morgan fingerprint density at radius 1 is 1.45 bits per heavy atom. The minimum Gasteiger partial charge on any atom is -0.351 e. The number of amides is 2. The van der Waals surface area contributed by atoms with Crippen molar-refractivity contribution in [3.63, 3.8) is 0 Å². The van der Waals surface area contributed by atoms with Crippen molar-refractivity contribution in [1.29, 1.82) is 0 Å². The van der Waals surface area contributed by atoms with E-state index in [-0.39, 0.29) is 11.8 Å². The Bertz CT molecular complexity index is 452. The molecule has 2 amide bonds. The van der Waals surface area contributed by atoms with Crippen molar-refractivity contribution in [3.05, 3.63) is 22.4 Å². The third-order valence-electron chi connectivity index (χ3n) is 3.28. The Labute approximate surface area is 124 Å². The van der Waals surface area contributed by atoms with Crippen LogP contribution < -0.4 is 5.32 Å². The van der Waals surface area contributed by atoms with Crippen LogP contribution in [0, 0.1) is 5.92 Å². The molecule has 5 heteroatoms. The maximum atomic E-state index is 12.2. The first-order valence-electron chi connectivity index (χ1n) is 7.17. The molecule has 0 unspecified atom stereocenters. The van der Waals surface area contributed by atoms with E-state index in [1.165, 1.54) is 11.3 Å². The van der Waals surface area contributed by atoms with E-state index < -0.39 is 0 Å². The zero-order valence-electron chi connectivity index (χ0n) is 12.1. The maximum Gasteiger partial charge on any atom is 0.252 e. The SMILES string of the molecule is CC(C)CN(C(=O)CCNC(=O)c1ccsc1)C1CC1. The van der Waals surface area contributed by atoms with Crippen LogP contribution >= 0.6 is 11.3 Å². The predicted molar refractivity (Wildman–Crippen MR) is 80.8 cm³/mol. The van der Waals surface area contributed by atoms with Crippen molar-refractivity contribution in [2.45, 2.75) is 39.2 Å². The Kier molecular flexibility index (Phi) is 5.17. The molecule has 20 heavy (non-hydrogen) atoms. The van der Waals surface area contributed by atoms with Gasteiger partial charge in [-0.15, -0.1) is 0 Å². The number of nitrogens with zero attached hydrogens (tertiary/aromatic N) is 1. The van der Waals surface area contributed by atoms with Gasteiger partial charge in [-0.2, -0.15) is 11.3 Å². The molecular weight excluding hydrogens is 272 g/mol.